The summed E-state index contributed by atoms with van der Waals surface area (Å²) < 4.78 is 88.7. The van der Waals surface area contributed by atoms with E-state index in [2.05, 4.69) is 36.7 Å². The Labute approximate surface area is 236 Å². The highest BCUT2D eigenvalue weighted by molar-refractivity contribution is 7.67. The van der Waals surface area contributed by atoms with Crippen molar-refractivity contribution in [1.82, 2.24) is 19.5 Å². The van der Waals surface area contributed by atoms with Crippen molar-refractivity contribution in [2.45, 2.75) is 24.9 Å². The topological polar surface area (TPSA) is 430 Å². The second kappa shape index (κ2) is 13.8. The van der Waals surface area contributed by atoms with E-state index in [1.165, 1.54) is 17.2 Å². The molecule has 2 aromatic heterocycles. The second-order valence-corrected chi connectivity index (χ2v) is 16.1. The van der Waals surface area contributed by atoms with Crippen LogP contribution in [0, 0.1) is 0 Å². The summed E-state index contributed by atoms with van der Waals surface area (Å²) in [6.45, 7) is -0.787. The average Bonchev–Trinajstić information content (AvgIpc) is 3.30. The molecular formula is C10H21N5O22P6. The number of nitrogen functional groups attached to an aromatic ring is 1. The van der Waals surface area contributed by atoms with Gasteiger partial charge in [0.15, 0.2) is 11.5 Å². The molecule has 0 aromatic carbocycles. The van der Waals surface area contributed by atoms with Crippen LogP contribution < -0.4 is 5.73 Å². The first-order chi connectivity index (χ1) is 19.2. The third kappa shape index (κ3) is 13.5. The SMILES string of the molecule is Nc1ncnc2c1ncn2[C@H]1C[C@H](O)[C@@H](COP(=O)(O)OP(=O)(O)OP(=O)(O)O)O1.O=P(O)(O)OP(=O)(O)OP(=O)(O)O. The molecule has 33 heteroatoms. The van der Waals surface area contributed by atoms with Crippen LogP contribution >= 0.6 is 46.9 Å². The third-order valence-electron chi connectivity index (χ3n) is 4.14. The lowest BCUT2D eigenvalue weighted by Crippen LogP contribution is -2.26. The fourth-order valence-corrected chi connectivity index (χ4v) is 8.44. The monoisotopic (exact) mass is 749 g/mol. The summed E-state index contributed by atoms with van der Waals surface area (Å²) in [5, 5.41) is 10.1. The summed E-state index contributed by atoms with van der Waals surface area (Å²) in [7, 11) is -32.6. The number of aromatic nitrogens is 4. The zero-order chi connectivity index (χ0) is 33.2. The number of phosphoric ester groups is 1. The predicted molar refractivity (Wildman–Crippen MR) is 130 cm³/mol. The zero-order valence-electron chi connectivity index (χ0n) is 20.2. The maximum atomic E-state index is 11.8. The third-order valence-corrected chi connectivity index (χ3v) is 11.3. The Morgan fingerprint density at radius 3 is 1.77 bits per heavy atom. The fourth-order valence-electron chi connectivity index (χ4n) is 2.87. The van der Waals surface area contributed by atoms with Gasteiger partial charge in [0, 0.05) is 6.42 Å². The Kier molecular flexibility index (Phi) is 12.3. The molecule has 43 heavy (non-hydrogen) atoms. The fraction of sp³-hybridized carbons (Fsp3) is 0.500. The molecular weight excluding hydrogens is 728 g/mol. The summed E-state index contributed by atoms with van der Waals surface area (Å²) in [5.41, 5.74) is 6.31. The molecule has 1 fully saturated rings. The van der Waals surface area contributed by atoms with Gasteiger partial charge in [-0.25, -0.2) is 42.3 Å². The van der Waals surface area contributed by atoms with Crippen molar-refractivity contribution in [3.05, 3.63) is 12.7 Å². The number of hydrogen-bond donors (Lipinski definition) is 11. The van der Waals surface area contributed by atoms with E-state index in [0.717, 1.165) is 0 Å². The number of aliphatic hydroxyl groups excluding tert-OH is 1. The molecule has 0 spiro atoms. The maximum Gasteiger partial charge on any atom is 0.490 e. The molecule has 3 rings (SSSR count). The molecule has 27 nitrogen and oxygen atoms in total. The lowest BCUT2D eigenvalue weighted by Gasteiger charge is -2.19. The van der Waals surface area contributed by atoms with Crippen molar-refractivity contribution >= 4 is 63.9 Å². The predicted octanol–water partition coefficient (Wildman–Crippen LogP) is -1.29. The minimum absolute atomic E-state index is 0.000206. The average molecular weight is 749 g/mol. The normalized spacial score (nSPS) is 22.9. The minimum atomic E-state index is -5.64. The standard InChI is InChI=1S/C10H16N5O12P3.H5O10P3/c11-9-8-10(13-3-12-9)15(4-14-8)7-1-5(16)6(25-7)2-24-29(20,21)27-30(22,23)26-28(17,18)19;1-11(2,3)9-13(7,8)10-12(4,5)6/h3-7,16H,1-2H2,(H,20,21)(H,22,23)(H2,11,12,13)(H2,17,18,19);(H,7,8)(H2,1,2,3)(H2,4,5,6)/t5-,6+,7+;/m0./s1. The highest BCUT2D eigenvalue weighted by Crippen LogP contribution is 2.66. The van der Waals surface area contributed by atoms with Crippen molar-refractivity contribution in [3.63, 3.8) is 0 Å². The van der Waals surface area contributed by atoms with Crippen molar-refractivity contribution < 1.29 is 103 Å². The van der Waals surface area contributed by atoms with Crippen LogP contribution in [0.2, 0.25) is 0 Å². The van der Waals surface area contributed by atoms with Crippen LogP contribution in [-0.4, -0.2) is 87.5 Å². The molecule has 5 atom stereocenters. The van der Waals surface area contributed by atoms with Crippen molar-refractivity contribution in [2.24, 2.45) is 0 Å². The Morgan fingerprint density at radius 2 is 1.28 bits per heavy atom. The van der Waals surface area contributed by atoms with Crippen LogP contribution in [0.15, 0.2) is 12.7 Å². The molecule has 1 aliphatic rings. The number of nitrogens with two attached hydrogens (primary N) is 1. The van der Waals surface area contributed by atoms with Gasteiger partial charge in [0.25, 0.3) is 0 Å². The Balaban J connectivity index is 0.000000420. The van der Waals surface area contributed by atoms with Gasteiger partial charge in [-0.05, 0) is 0 Å². The molecule has 2 unspecified atom stereocenters. The van der Waals surface area contributed by atoms with Crippen molar-refractivity contribution in [2.75, 3.05) is 12.3 Å². The lowest BCUT2D eigenvalue weighted by molar-refractivity contribution is -0.0423. The Morgan fingerprint density at radius 1 is 0.791 bits per heavy atom. The molecule has 1 aliphatic heterocycles. The summed E-state index contributed by atoms with van der Waals surface area (Å²) in [6.07, 6.45) is -0.643. The van der Waals surface area contributed by atoms with E-state index in [-0.39, 0.29) is 12.2 Å². The van der Waals surface area contributed by atoms with Crippen molar-refractivity contribution in [1.29, 1.82) is 0 Å². The zero-order valence-corrected chi connectivity index (χ0v) is 25.6. The van der Waals surface area contributed by atoms with E-state index >= 15 is 0 Å². The van der Waals surface area contributed by atoms with Crippen LogP contribution in [-0.2, 0) is 53.9 Å². The van der Waals surface area contributed by atoms with E-state index in [1.807, 2.05) is 0 Å². The molecule has 0 radical (unpaired) electrons. The smallest absolute Gasteiger partial charge is 0.390 e. The van der Waals surface area contributed by atoms with E-state index in [0.29, 0.717) is 11.2 Å². The largest absolute Gasteiger partial charge is 0.490 e. The molecule has 0 saturated carbocycles. The van der Waals surface area contributed by atoms with E-state index in [9.17, 15) is 37.4 Å². The Bertz CT molecular complexity index is 1550. The van der Waals surface area contributed by atoms with E-state index < -0.39 is 72.0 Å². The van der Waals surface area contributed by atoms with Crippen LogP contribution in [0.3, 0.4) is 0 Å². The number of anilines is 1. The number of imidazole rings is 1. The number of fused-ring (bicyclic) bond motifs is 1. The summed E-state index contributed by atoms with van der Waals surface area (Å²) >= 11 is 0. The summed E-state index contributed by atoms with van der Waals surface area (Å²) in [6, 6.07) is 0. The number of hydrogen-bond acceptors (Lipinski definition) is 17. The first-order valence-electron chi connectivity index (χ1n) is 10.1. The van der Waals surface area contributed by atoms with Crippen LogP contribution in [0.1, 0.15) is 12.6 Å². The first-order valence-corrected chi connectivity index (χ1v) is 19.2. The van der Waals surface area contributed by atoms with Gasteiger partial charge in [0.05, 0.1) is 19.0 Å². The van der Waals surface area contributed by atoms with Gasteiger partial charge < -0.3 is 59.6 Å². The molecule has 2 aromatic rings. The van der Waals surface area contributed by atoms with Crippen LogP contribution in [0.25, 0.3) is 11.2 Å². The van der Waals surface area contributed by atoms with Crippen LogP contribution in [0.4, 0.5) is 5.82 Å². The van der Waals surface area contributed by atoms with Gasteiger partial charge in [-0.1, -0.05) is 0 Å². The van der Waals surface area contributed by atoms with Gasteiger partial charge in [0.2, 0.25) is 0 Å². The molecule has 0 aliphatic carbocycles. The first kappa shape index (κ1) is 38.3. The minimum Gasteiger partial charge on any atom is -0.390 e. The highest BCUT2D eigenvalue weighted by Gasteiger charge is 2.43. The lowest BCUT2D eigenvalue weighted by atomic mass is 10.2. The highest BCUT2D eigenvalue weighted by atomic mass is 31.3. The molecule has 0 bridgehead atoms. The van der Waals surface area contributed by atoms with Gasteiger partial charge in [-0.3, -0.25) is 9.09 Å². The quantitative estimate of drug-likeness (QED) is 0.112. The number of phosphoric acid groups is 6. The maximum absolute atomic E-state index is 11.8. The van der Waals surface area contributed by atoms with Crippen molar-refractivity contribution in [3.8, 4) is 0 Å². The van der Waals surface area contributed by atoms with Gasteiger partial charge >= 0.3 is 46.9 Å². The molecule has 248 valence electrons. The number of aliphatic hydroxyl groups is 1. The second-order valence-electron chi connectivity index (χ2n) is 7.51. The molecule has 3 heterocycles. The van der Waals surface area contributed by atoms with Gasteiger partial charge in [0.1, 0.15) is 24.2 Å². The summed E-state index contributed by atoms with van der Waals surface area (Å²) in [5.74, 6) is 0.126. The van der Waals surface area contributed by atoms with E-state index in [4.69, 9.17) is 49.6 Å². The number of ether oxygens (including phenoxy) is 1. The number of nitrogens with zero attached hydrogens (tertiary/aromatic N) is 4. The molecule has 0 amide bonds. The van der Waals surface area contributed by atoms with Gasteiger partial charge in [-0.2, -0.15) is 17.2 Å². The molecule has 1 saturated heterocycles. The van der Waals surface area contributed by atoms with E-state index in [1.54, 1.807) is 0 Å². The molecule has 12 N–H and O–H groups in total. The summed E-state index contributed by atoms with van der Waals surface area (Å²) in [4.78, 5) is 87.6. The number of rotatable bonds is 12. The van der Waals surface area contributed by atoms with Gasteiger partial charge in [-0.15, -0.1) is 0 Å². The van der Waals surface area contributed by atoms with Crippen LogP contribution in [0.5, 0.6) is 0 Å². The Hall–Kier alpha value is -0.910.